The van der Waals surface area contributed by atoms with Crippen molar-refractivity contribution in [2.75, 3.05) is 32.7 Å². The molecule has 4 rings (SSSR count). The molecule has 0 radical (unpaired) electrons. The Morgan fingerprint density at radius 2 is 1.97 bits per heavy atom. The molecule has 3 aromatic rings. The van der Waals surface area contributed by atoms with Crippen molar-refractivity contribution >= 4 is 26.9 Å². The van der Waals surface area contributed by atoms with Crippen LogP contribution in [0.25, 0.3) is 10.9 Å². The fraction of sp³-hybridized carbons (Fsp3) is 0.381. The first kappa shape index (κ1) is 21.3. The summed E-state index contributed by atoms with van der Waals surface area (Å²) in [6.45, 7) is 5.24. The lowest BCUT2D eigenvalue weighted by Gasteiger charge is -2.35. The number of sulfonamides is 1. The van der Waals surface area contributed by atoms with Gasteiger partial charge >= 0.3 is 0 Å². The van der Waals surface area contributed by atoms with Gasteiger partial charge in [0.15, 0.2) is 5.96 Å². The van der Waals surface area contributed by atoms with Gasteiger partial charge in [0.25, 0.3) is 0 Å². The van der Waals surface area contributed by atoms with Crippen molar-refractivity contribution in [1.29, 1.82) is 0 Å². The topological polar surface area (TPSA) is 104 Å². The van der Waals surface area contributed by atoms with Crippen molar-refractivity contribution in [1.82, 2.24) is 24.7 Å². The third-order valence-electron chi connectivity index (χ3n) is 5.23. The van der Waals surface area contributed by atoms with E-state index < -0.39 is 10.0 Å². The zero-order chi connectivity index (χ0) is 21.7. The lowest BCUT2D eigenvalue weighted by molar-refractivity contribution is 0.259. The highest BCUT2D eigenvalue weighted by Gasteiger charge is 2.29. The Bertz CT molecular complexity index is 1130. The Morgan fingerprint density at radius 3 is 2.71 bits per heavy atom. The molecule has 0 atom stereocenters. The third kappa shape index (κ3) is 5.02. The SMILES string of the molecule is CCNC(=NCc1ccnc2ccccc12)N1CCN(S(=O)(=O)Cc2ccon2)CC1. The van der Waals surface area contributed by atoms with Gasteiger partial charge in [-0.25, -0.2) is 13.4 Å². The fourth-order valence-electron chi connectivity index (χ4n) is 3.65. The first-order valence-electron chi connectivity index (χ1n) is 10.3. The van der Waals surface area contributed by atoms with Gasteiger partial charge in [0, 0.05) is 50.4 Å². The number of aliphatic imine (C=N–C) groups is 1. The molecule has 0 saturated carbocycles. The van der Waals surface area contributed by atoms with E-state index in [1.807, 2.05) is 31.2 Å². The number of guanidine groups is 1. The minimum Gasteiger partial charge on any atom is -0.364 e. The van der Waals surface area contributed by atoms with Crippen LogP contribution in [0.3, 0.4) is 0 Å². The van der Waals surface area contributed by atoms with Gasteiger partial charge in [-0.3, -0.25) is 4.98 Å². The number of aromatic nitrogens is 2. The molecule has 0 unspecified atom stereocenters. The molecule has 2 aromatic heterocycles. The molecule has 1 fully saturated rings. The van der Waals surface area contributed by atoms with Crippen molar-refractivity contribution in [2.45, 2.75) is 19.2 Å². The number of hydrogen-bond acceptors (Lipinski definition) is 6. The van der Waals surface area contributed by atoms with Crippen molar-refractivity contribution in [3.05, 3.63) is 60.1 Å². The molecule has 1 aromatic carbocycles. The zero-order valence-electron chi connectivity index (χ0n) is 17.4. The second-order valence-corrected chi connectivity index (χ2v) is 9.26. The van der Waals surface area contributed by atoms with Crippen LogP contribution in [-0.2, 0) is 22.3 Å². The van der Waals surface area contributed by atoms with E-state index in [0.29, 0.717) is 38.4 Å². The Labute approximate surface area is 181 Å². The van der Waals surface area contributed by atoms with Crippen LogP contribution in [0.2, 0.25) is 0 Å². The van der Waals surface area contributed by atoms with Crippen LogP contribution in [0, 0.1) is 0 Å². The van der Waals surface area contributed by atoms with Crippen molar-refractivity contribution in [2.24, 2.45) is 4.99 Å². The molecule has 9 nitrogen and oxygen atoms in total. The van der Waals surface area contributed by atoms with E-state index in [0.717, 1.165) is 29.0 Å². The summed E-state index contributed by atoms with van der Waals surface area (Å²) in [5, 5.41) is 8.14. The average molecular weight is 443 g/mol. The number of hydrogen-bond donors (Lipinski definition) is 1. The Hall–Kier alpha value is -2.98. The monoisotopic (exact) mass is 442 g/mol. The normalized spacial score (nSPS) is 16.0. The predicted molar refractivity (Wildman–Crippen MR) is 119 cm³/mol. The van der Waals surface area contributed by atoms with Crippen LogP contribution >= 0.6 is 0 Å². The molecular formula is C21H26N6O3S. The van der Waals surface area contributed by atoms with Gasteiger partial charge in [-0.2, -0.15) is 4.31 Å². The standard InChI is InChI=1S/C21H26N6O3S/c1-2-22-21(24-15-17-7-9-23-20-6-4-3-5-19(17)20)26-10-12-27(13-11-26)31(28,29)16-18-8-14-30-25-18/h3-9,14H,2,10-13,15-16H2,1H3,(H,22,24). The lowest BCUT2D eigenvalue weighted by atomic mass is 10.1. The van der Waals surface area contributed by atoms with Crippen LogP contribution < -0.4 is 5.32 Å². The molecule has 1 aliphatic rings. The summed E-state index contributed by atoms with van der Waals surface area (Å²) in [6.07, 6.45) is 3.19. The summed E-state index contributed by atoms with van der Waals surface area (Å²) in [5.74, 6) is 0.643. The maximum Gasteiger partial charge on any atom is 0.220 e. The predicted octanol–water partition coefficient (Wildman–Crippen LogP) is 1.84. The highest BCUT2D eigenvalue weighted by Crippen LogP contribution is 2.17. The van der Waals surface area contributed by atoms with Gasteiger partial charge in [0.05, 0.1) is 17.8 Å². The minimum atomic E-state index is -3.43. The van der Waals surface area contributed by atoms with Gasteiger partial charge in [-0.1, -0.05) is 23.4 Å². The van der Waals surface area contributed by atoms with Gasteiger partial charge in [-0.05, 0) is 24.6 Å². The molecule has 164 valence electrons. The Balaban J connectivity index is 1.43. The van der Waals surface area contributed by atoms with Crippen LogP contribution in [0.5, 0.6) is 0 Å². The van der Waals surface area contributed by atoms with Crippen LogP contribution in [0.4, 0.5) is 0 Å². The van der Waals surface area contributed by atoms with Crippen LogP contribution in [0.15, 0.2) is 58.4 Å². The maximum absolute atomic E-state index is 12.7. The molecule has 0 spiro atoms. The molecular weight excluding hydrogens is 416 g/mol. The van der Waals surface area contributed by atoms with E-state index >= 15 is 0 Å². The number of nitrogens with one attached hydrogen (secondary N) is 1. The molecule has 1 saturated heterocycles. The van der Waals surface area contributed by atoms with Crippen LogP contribution in [0.1, 0.15) is 18.2 Å². The summed E-state index contributed by atoms with van der Waals surface area (Å²) in [4.78, 5) is 11.3. The van der Waals surface area contributed by atoms with Gasteiger partial charge in [0.1, 0.15) is 12.0 Å². The molecule has 31 heavy (non-hydrogen) atoms. The number of fused-ring (bicyclic) bond motifs is 1. The molecule has 10 heteroatoms. The summed E-state index contributed by atoms with van der Waals surface area (Å²) in [5.41, 5.74) is 2.47. The fourth-order valence-corrected chi connectivity index (χ4v) is 5.07. The van der Waals surface area contributed by atoms with E-state index in [1.54, 1.807) is 12.3 Å². The van der Waals surface area contributed by atoms with Crippen molar-refractivity contribution in [3.8, 4) is 0 Å². The third-order valence-corrected chi connectivity index (χ3v) is 7.04. The molecule has 0 bridgehead atoms. The number of piperazine rings is 1. The van der Waals surface area contributed by atoms with Crippen LogP contribution in [-0.4, -0.2) is 66.4 Å². The van der Waals surface area contributed by atoms with E-state index in [2.05, 4.69) is 26.4 Å². The zero-order valence-corrected chi connectivity index (χ0v) is 18.3. The summed E-state index contributed by atoms with van der Waals surface area (Å²) in [7, 11) is -3.43. The highest BCUT2D eigenvalue weighted by atomic mass is 32.2. The smallest absolute Gasteiger partial charge is 0.220 e. The van der Waals surface area contributed by atoms with Gasteiger partial charge in [0.2, 0.25) is 10.0 Å². The van der Waals surface area contributed by atoms with E-state index in [-0.39, 0.29) is 5.75 Å². The second-order valence-electron chi connectivity index (χ2n) is 7.29. The number of nitrogens with zero attached hydrogens (tertiary/aromatic N) is 5. The largest absolute Gasteiger partial charge is 0.364 e. The maximum atomic E-state index is 12.7. The summed E-state index contributed by atoms with van der Waals surface area (Å²) >= 11 is 0. The number of para-hydroxylation sites is 1. The quantitative estimate of drug-likeness (QED) is 0.459. The lowest BCUT2D eigenvalue weighted by Crippen LogP contribution is -2.53. The highest BCUT2D eigenvalue weighted by molar-refractivity contribution is 7.88. The van der Waals surface area contributed by atoms with E-state index in [1.165, 1.54) is 10.6 Å². The van der Waals surface area contributed by atoms with E-state index in [4.69, 9.17) is 9.52 Å². The summed E-state index contributed by atoms with van der Waals surface area (Å²) in [6, 6.07) is 11.6. The molecule has 3 heterocycles. The average Bonchev–Trinajstić information content (AvgIpc) is 3.29. The van der Waals surface area contributed by atoms with Crippen molar-refractivity contribution in [3.63, 3.8) is 0 Å². The Kier molecular flexibility index (Phi) is 6.47. The molecule has 1 aliphatic heterocycles. The van der Waals surface area contributed by atoms with E-state index in [9.17, 15) is 8.42 Å². The first-order chi connectivity index (χ1) is 15.1. The van der Waals surface area contributed by atoms with Gasteiger partial charge < -0.3 is 14.7 Å². The minimum absolute atomic E-state index is 0.146. The van der Waals surface area contributed by atoms with Gasteiger partial charge in [-0.15, -0.1) is 0 Å². The number of rotatable bonds is 6. The molecule has 0 aliphatic carbocycles. The first-order valence-corrected chi connectivity index (χ1v) is 11.9. The Morgan fingerprint density at radius 1 is 1.16 bits per heavy atom. The second kappa shape index (κ2) is 9.44. The molecule has 0 amide bonds. The van der Waals surface area contributed by atoms with Crippen molar-refractivity contribution < 1.29 is 12.9 Å². The molecule has 1 N–H and O–H groups in total. The summed E-state index contributed by atoms with van der Waals surface area (Å²) < 4.78 is 31.6. The number of pyridine rings is 1. The number of benzene rings is 1.